The van der Waals surface area contributed by atoms with Crippen LogP contribution in [0.5, 0.6) is 0 Å². The smallest absolute Gasteiger partial charge is 0.226 e. The molecule has 0 spiro atoms. The first-order valence-corrected chi connectivity index (χ1v) is 10.5. The molecule has 2 saturated heterocycles. The average Bonchev–Trinajstić information content (AvgIpc) is 2.70. The number of piperidine rings is 2. The number of hydrogen-bond acceptors (Lipinski definition) is 3. The zero-order valence-corrected chi connectivity index (χ0v) is 16.6. The Kier molecular flexibility index (Phi) is 7.09. The van der Waals surface area contributed by atoms with Gasteiger partial charge in [-0.15, -0.1) is 0 Å². The molecule has 1 atom stereocenters. The Labute approximate surface area is 159 Å². The Morgan fingerprint density at radius 1 is 1.04 bits per heavy atom. The van der Waals surface area contributed by atoms with E-state index in [9.17, 15) is 4.79 Å². The zero-order chi connectivity index (χ0) is 18.4. The fourth-order valence-corrected chi connectivity index (χ4v) is 4.62. The summed E-state index contributed by atoms with van der Waals surface area (Å²) in [6.07, 6.45) is 4.71. The SMILES string of the molecule is CCN(CC)C(=O)[C@@H]1CCCN(C2CCN(Cc3ccccc3)CC2)C1. The van der Waals surface area contributed by atoms with Gasteiger partial charge in [0.15, 0.2) is 0 Å². The second kappa shape index (κ2) is 9.52. The molecule has 0 N–H and O–H groups in total. The average molecular weight is 358 g/mol. The Morgan fingerprint density at radius 3 is 2.38 bits per heavy atom. The van der Waals surface area contributed by atoms with Crippen LogP contribution in [0.3, 0.4) is 0 Å². The van der Waals surface area contributed by atoms with Crippen LogP contribution in [0.4, 0.5) is 0 Å². The summed E-state index contributed by atoms with van der Waals surface area (Å²) in [5, 5.41) is 0. The van der Waals surface area contributed by atoms with Gasteiger partial charge in [0, 0.05) is 32.2 Å². The van der Waals surface area contributed by atoms with Crippen LogP contribution in [0.1, 0.15) is 45.1 Å². The summed E-state index contributed by atoms with van der Waals surface area (Å²) in [5.74, 6) is 0.590. The summed E-state index contributed by atoms with van der Waals surface area (Å²) in [6.45, 7) is 11.4. The number of carbonyl (C=O) groups is 1. The first kappa shape index (κ1) is 19.4. The van der Waals surface area contributed by atoms with Crippen LogP contribution >= 0.6 is 0 Å². The molecule has 4 heteroatoms. The minimum atomic E-state index is 0.214. The minimum absolute atomic E-state index is 0.214. The third kappa shape index (κ3) is 4.86. The highest BCUT2D eigenvalue weighted by atomic mass is 16.2. The third-order valence-corrected chi connectivity index (χ3v) is 6.20. The largest absolute Gasteiger partial charge is 0.343 e. The van der Waals surface area contributed by atoms with Gasteiger partial charge >= 0.3 is 0 Å². The highest BCUT2D eigenvalue weighted by Gasteiger charge is 2.32. The number of benzene rings is 1. The van der Waals surface area contributed by atoms with Gasteiger partial charge in [0.2, 0.25) is 5.91 Å². The van der Waals surface area contributed by atoms with Crippen LogP contribution in [-0.4, -0.2) is 65.9 Å². The summed E-state index contributed by atoms with van der Waals surface area (Å²) < 4.78 is 0. The molecule has 0 saturated carbocycles. The predicted octanol–water partition coefficient (Wildman–Crippen LogP) is 3.23. The molecule has 26 heavy (non-hydrogen) atoms. The normalized spacial score (nSPS) is 23.1. The lowest BCUT2D eigenvalue weighted by Gasteiger charge is -2.42. The first-order chi connectivity index (χ1) is 12.7. The van der Waals surface area contributed by atoms with Crippen LogP contribution in [0.2, 0.25) is 0 Å². The van der Waals surface area contributed by atoms with Crippen molar-refractivity contribution in [1.29, 1.82) is 0 Å². The summed E-state index contributed by atoms with van der Waals surface area (Å²) >= 11 is 0. The second-order valence-electron chi connectivity index (χ2n) is 7.84. The van der Waals surface area contributed by atoms with Crippen molar-refractivity contribution in [1.82, 2.24) is 14.7 Å². The number of nitrogens with zero attached hydrogens (tertiary/aromatic N) is 3. The third-order valence-electron chi connectivity index (χ3n) is 6.20. The van der Waals surface area contributed by atoms with Crippen molar-refractivity contribution >= 4 is 5.91 Å². The standard InChI is InChI=1S/C22H35N3O/c1-3-24(4-2)22(26)20-11-8-14-25(18-20)21-12-15-23(16-13-21)17-19-9-6-5-7-10-19/h5-7,9-10,20-21H,3-4,8,11-18H2,1-2H3/t20-/m1/s1. The van der Waals surface area contributed by atoms with Gasteiger partial charge in [-0.2, -0.15) is 0 Å². The molecule has 0 aromatic heterocycles. The Morgan fingerprint density at radius 2 is 1.73 bits per heavy atom. The topological polar surface area (TPSA) is 26.8 Å². The van der Waals surface area contributed by atoms with E-state index in [1.54, 1.807) is 0 Å². The van der Waals surface area contributed by atoms with Crippen molar-refractivity contribution < 1.29 is 4.79 Å². The van der Waals surface area contributed by atoms with Gasteiger partial charge in [0.25, 0.3) is 0 Å². The molecule has 3 rings (SSSR count). The monoisotopic (exact) mass is 357 g/mol. The van der Waals surface area contributed by atoms with Crippen LogP contribution in [-0.2, 0) is 11.3 Å². The maximum absolute atomic E-state index is 12.7. The van der Waals surface area contributed by atoms with Crippen molar-refractivity contribution in [3.63, 3.8) is 0 Å². The maximum Gasteiger partial charge on any atom is 0.226 e. The molecule has 0 radical (unpaired) electrons. The van der Waals surface area contributed by atoms with Gasteiger partial charge in [-0.3, -0.25) is 14.6 Å². The van der Waals surface area contributed by atoms with Gasteiger partial charge in [-0.1, -0.05) is 30.3 Å². The van der Waals surface area contributed by atoms with E-state index in [1.807, 2.05) is 4.90 Å². The van der Waals surface area contributed by atoms with E-state index in [0.717, 1.165) is 32.6 Å². The van der Waals surface area contributed by atoms with Gasteiger partial charge in [0.05, 0.1) is 5.92 Å². The molecule has 0 bridgehead atoms. The van der Waals surface area contributed by atoms with E-state index in [0.29, 0.717) is 11.9 Å². The van der Waals surface area contributed by atoms with Crippen LogP contribution in [0.25, 0.3) is 0 Å². The number of amides is 1. The minimum Gasteiger partial charge on any atom is -0.343 e. The molecule has 4 nitrogen and oxygen atoms in total. The summed E-state index contributed by atoms with van der Waals surface area (Å²) in [5.41, 5.74) is 1.41. The molecule has 2 heterocycles. The highest BCUT2D eigenvalue weighted by Crippen LogP contribution is 2.25. The molecular weight excluding hydrogens is 322 g/mol. The molecule has 0 unspecified atom stereocenters. The fourth-order valence-electron chi connectivity index (χ4n) is 4.62. The van der Waals surface area contributed by atoms with Crippen molar-refractivity contribution in [2.24, 2.45) is 5.92 Å². The fraction of sp³-hybridized carbons (Fsp3) is 0.682. The van der Waals surface area contributed by atoms with Crippen molar-refractivity contribution in [3.8, 4) is 0 Å². The van der Waals surface area contributed by atoms with E-state index < -0.39 is 0 Å². The number of likely N-dealkylation sites (tertiary alicyclic amines) is 2. The summed E-state index contributed by atoms with van der Waals surface area (Å²) in [4.78, 5) is 19.9. The van der Waals surface area contributed by atoms with Crippen molar-refractivity contribution in [2.45, 2.75) is 52.1 Å². The second-order valence-corrected chi connectivity index (χ2v) is 7.84. The van der Waals surface area contributed by atoms with E-state index in [1.165, 1.54) is 44.5 Å². The molecule has 2 aliphatic rings. The molecule has 144 valence electrons. The Balaban J connectivity index is 1.48. The molecule has 1 aromatic carbocycles. The van der Waals surface area contributed by atoms with Gasteiger partial charge in [-0.25, -0.2) is 0 Å². The summed E-state index contributed by atoms with van der Waals surface area (Å²) in [6, 6.07) is 11.4. The van der Waals surface area contributed by atoms with E-state index in [4.69, 9.17) is 0 Å². The number of hydrogen-bond donors (Lipinski definition) is 0. The lowest BCUT2D eigenvalue weighted by atomic mass is 9.92. The van der Waals surface area contributed by atoms with Gasteiger partial charge in [0.1, 0.15) is 0 Å². The maximum atomic E-state index is 12.7. The van der Waals surface area contributed by atoms with E-state index in [2.05, 4.69) is 54.0 Å². The first-order valence-electron chi connectivity index (χ1n) is 10.5. The summed E-state index contributed by atoms with van der Waals surface area (Å²) in [7, 11) is 0. The Bertz CT molecular complexity index is 550. The molecule has 2 fully saturated rings. The van der Waals surface area contributed by atoms with Crippen molar-refractivity contribution in [2.75, 3.05) is 39.3 Å². The number of carbonyl (C=O) groups excluding carboxylic acids is 1. The van der Waals surface area contributed by atoms with Crippen LogP contribution < -0.4 is 0 Å². The molecule has 1 aromatic rings. The van der Waals surface area contributed by atoms with Crippen molar-refractivity contribution in [3.05, 3.63) is 35.9 Å². The number of rotatable bonds is 6. The quantitative estimate of drug-likeness (QED) is 0.782. The van der Waals surface area contributed by atoms with E-state index in [-0.39, 0.29) is 5.92 Å². The molecular formula is C22H35N3O. The van der Waals surface area contributed by atoms with Crippen LogP contribution in [0, 0.1) is 5.92 Å². The predicted molar refractivity (Wildman–Crippen MR) is 107 cm³/mol. The van der Waals surface area contributed by atoms with Gasteiger partial charge < -0.3 is 4.90 Å². The molecule has 0 aliphatic carbocycles. The van der Waals surface area contributed by atoms with E-state index >= 15 is 0 Å². The van der Waals surface area contributed by atoms with Crippen LogP contribution in [0.15, 0.2) is 30.3 Å². The highest BCUT2D eigenvalue weighted by molar-refractivity contribution is 5.79. The molecule has 1 amide bonds. The lowest BCUT2D eigenvalue weighted by molar-refractivity contribution is -0.137. The molecule has 2 aliphatic heterocycles. The Hall–Kier alpha value is -1.39. The zero-order valence-electron chi connectivity index (χ0n) is 16.6. The van der Waals surface area contributed by atoms with Gasteiger partial charge in [-0.05, 0) is 64.7 Å². The lowest BCUT2D eigenvalue weighted by Crippen LogP contribution is -2.51.